The highest BCUT2D eigenvalue weighted by Gasteiger charge is 1.95. The molecule has 0 nitrogen and oxygen atoms in total. The summed E-state index contributed by atoms with van der Waals surface area (Å²) in [6, 6.07) is 0. The zero-order chi connectivity index (χ0) is 12.8. The monoisotopic (exact) mass is 238 g/mol. The first-order valence-electron chi connectivity index (χ1n) is 7.88. The molecule has 0 bridgehead atoms. The van der Waals surface area contributed by atoms with Crippen LogP contribution in [-0.2, 0) is 0 Å². The van der Waals surface area contributed by atoms with E-state index >= 15 is 0 Å². The van der Waals surface area contributed by atoms with E-state index < -0.39 is 0 Å². The van der Waals surface area contributed by atoms with Crippen molar-refractivity contribution in [2.45, 2.75) is 90.9 Å². The lowest BCUT2D eigenvalue weighted by atomic mass is 10.0. The Morgan fingerprint density at radius 3 is 1.53 bits per heavy atom. The molecular weight excluding hydrogens is 204 g/mol. The van der Waals surface area contributed by atoms with Gasteiger partial charge in [0.1, 0.15) is 0 Å². The maximum absolute atomic E-state index is 3.75. The molecule has 0 aliphatic rings. The molecule has 0 N–H and O–H groups in total. The summed E-state index contributed by atoms with van der Waals surface area (Å²) in [7, 11) is 0. The molecule has 0 rings (SSSR count). The van der Waals surface area contributed by atoms with Gasteiger partial charge in [-0.1, -0.05) is 84.1 Å². The summed E-state index contributed by atoms with van der Waals surface area (Å²) in [5, 5.41) is 0. The molecule has 0 aromatic heterocycles. The molecule has 0 saturated heterocycles. The third-order valence-corrected chi connectivity index (χ3v) is 3.44. The van der Waals surface area contributed by atoms with Crippen molar-refractivity contribution >= 4 is 0 Å². The third-order valence-electron chi connectivity index (χ3n) is 3.44. The summed E-state index contributed by atoms with van der Waals surface area (Å²) in [6.45, 7) is 8.41. The van der Waals surface area contributed by atoms with Crippen LogP contribution in [0, 0.1) is 5.92 Å². The molecule has 0 fully saturated rings. The number of allylic oxidation sites excluding steroid dienone is 1. The number of hydrogen-bond acceptors (Lipinski definition) is 0. The Morgan fingerprint density at radius 2 is 1.12 bits per heavy atom. The Bertz CT molecular complexity index is 146. The van der Waals surface area contributed by atoms with Gasteiger partial charge in [0.15, 0.2) is 0 Å². The molecular formula is C17H34. The van der Waals surface area contributed by atoms with Crippen LogP contribution in [0.5, 0.6) is 0 Å². The van der Waals surface area contributed by atoms with E-state index in [0.29, 0.717) is 0 Å². The van der Waals surface area contributed by atoms with E-state index in [4.69, 9.17) is 0 Å². The van der Waals surface area contributed by atoms with Crippen molar-refractivity contribution < 1.29 is 0 Å². The van der Waals surface area contributed by atoms with Crippen LogP contribution in [0.2, 0.25) is 0 Å². The van der Waals surface area contributed by atoms with Crippen LogP contribution in [0.4, 0.5) is 0 Å². The van der Waals surface area contributed by atoms with E-state index in [2.05, 4.69) is 20.4 Å². The van der Waals surface area contributed by atoms with Crippen molar-refractivity contribution in [3.8, 4) is 0 Å². The third kappa shape index (κ3) is 15.7. The lowest BCUT2D eigenvalue weighted by Crippen LogP contribution is -1.87. The van der Waals surface area contributed by atoms with Gasteiger partial charge < -0.3 is 0 Å². The number of hydrogen-bond donors (Lipinski definition) is 0. The van der Waals surface area contributed by atoms with Gasteiger partial charge in [0.2, 0.25) is 0 Å². The standard InChI is InChI=1S/C17H34/c1-4-5-6-7-8-9-10-11-12-13-14-15-16-17(2)3/h4,17H,1,5-16H2,2-3H3. The first-order valence-corrected chi connectivity index (χ1v) is 7.88. The van der Waals surface area contributed by atoms with Gasteiger partial charge in [-0.15, -0.1) is 6.58 Å². The van der Waals surface area contributed by atoms with Gasteiger partial charge in [-0.25, -0.2) is 0 Å². The fourth-order valence-corrected chi connectivity index (χ4v) is 2.26. The molecule has 0 spiro atoms. The maximum atomic E-state index is 3.75. The summed E-state index contributed by atoms with van der Waals surface area (Å²) in [5.41, 5.74) is 0. The minimum absolute atomic E-state index is 0.894. The fraction of sp³-hybridized carbons (Fsp3) is 0.882. The van der Waals surface area contributed by atoms with Crippen LogP contribution in [0.3, 0.4) is 0 Å². The van der Waals surface area contributed by atoms with Crippen molar-refractivity contribution in [2.75, 3.05) is 0 Å². The van der Waals surface area contributed by atoms with Crippen LogP contribution < -0.4 is 0 Å². The van der Waals surface area contributed by atoms with Crippen molar-refractivity contribution in [1.29, 1.82) is 0 Å². The summed E-state index contributed by atoms with van der Waals surface area (Å²) >= 11 is 0. The van der Waals surface area contributed by atoms with E-state index in [1.807, 2.05) is 6.08 Å². The molecule has 0 radical (unpaired) electrons. The first-order chi connectivity index (χ1) is 8.27. The normalized spacial score (nSPS) is 11.0. The van der Waals surface area contributed by atoms with Gasteiger partial charge in [0, 0.05) is 0 Å². The first kappa shape index (κ1) is 16.7. The average Bonchev–Trinajstić information content (AvgIpc) is 2.30. The molecule has 0 aromatic rings. The van der Waals surface area contributed by atoms with Gasteiger partial charge >= 0.3 is 0 Å². The minimum atomic E-state index is 0.894. The van der Waals surface area contributed by atoms with Gasteiger partial charge in [0.05, 0.1) is 0 Å². The predicted octanol–water partition coefficient (Wildman–Crippen LogP) is 6.51. The number of rotatable bonds is 13. The molecule has 102 valence electrons. The molecule has 0 aliphatic heterocycles. The highest BCUT2D eigenvalue weighted by atomic mass is 14.0. The Morgan fingerprint density at radius 1 is 0.706 bits per heavy atom. The summed E-state index contributed by atoms with van der Waals surface area (Å²) < 4.78 is 0. The van der Waals surface area contributed by atoms with Gasteiger partial charge in [-0.2, -0.15) is 0 Å². The van der Waals surface area contributed by atoms with Crippen LogP contribution >= 0.6 is 0 Å². The SMILES string of the molecule is C=CCCCCCCCCCCCCC(C)C. The van der Waals surface area contributed by atoms with Crippen LogP contribution in [-0.4, -0.2) is 0 Å². The molecule has 0 aromatic carbocycles. The predicted molar refractivity (Wildman–Crippen MR) is 80.4 cm³/mol. The molecule has 0 aliphatic carbocycles. The lowest BCUT2D eigenvalue weighted by molar-refractivity contribution is 0.505. The Labute approximate surface area is 110 Å². The molecule has 0 heterocycles. The second-order valence-electron chi connectivity index (χ2n) is 5.80. The Hall–Kier alpha value is -0.260. The second-order valence-corrected chi connectivity index (χ2v) is 5.80. The summed E-state index contributed by atoms with van der Waals surface area (Å²) in [6.07, 6.45) is 19.0. The van der Waals surface area contributed by atoms with Crippen molar-refractivity contribution in [3.63, 3.8) is 0 Å². The zero-order valence-corrected chi connectivity index (χ0v) is 12.3. The van der Waals surface area contributed by atoms with Crippen molar-refractivity contribution in [2.24, 2.45) is 5.92 Å². The zero-order valence-electron chi connectivity index (χ0n) is 12.3. The fourth-order valence-electron chi connectivity index (χ4n) is 2.26. The quantitative estimate of drug-likeness (QED) is 0.253. The highest BCUT2D eigenvalue weighted by molar-refractivity contribution is 4.65. The second kappa shape index (κ2) is 13.8. The van der Waals surface area contributed by atoms with Crippen LogP contribution in [0.1, 0.15) is 90.9 Å². The van der Waals surface area contributed by atoms with Gasteiger partial charge in [0.25, 0.3) is 0 Å². The molecule has 0 amide bonds. The molecule has 0 saturated carbocycles. The largest absolute Gasteiger partial charge is 0.103 e. The highest BCUT2D eigenvalue weighted by Crippen LogP contribution is 2.13. The van der Waals surface area contributed by atoms with Gasteiger partial charge in [-0.3, -0.25) is 0 Å². The molecule has 0 atom stereocenters. The average molecular weight is 238 g/mol. The van der Waals surface area contributed by atoms with E-state index in [9.17, 15) is 0 Å². The lowest BCUT2D eigenvalue weighted by Gasteiger charge is -2.04. The molecule has 0 heteroatoms. The number of unbranched alkanes of at least 4 members (excludes halogenated alkanes) is 10. The van der Waals surface area contributed by atoms with Crippen molar-refractivity contribution in [1.82, 2.24) is 0 Å². The Kier molecular flexibility index (Phi) is 13.6. The van der Waals surface area contributed by atoms with Crippen LogP contribution in [0.25, 0.3) is 0 Å². The van der Waals surface area contributed by atoms with Crippen LogP contribution in [0.15, 0.2) is 12.7 Å². The van der Waals surface area contributed by atoms with E-state index in [0.717, 1.165) is 5.92 Å². The van der Waals surface area contributed by atoms with E-state index in [1.54, 1.807) is 0 Å². The smallest absolute Gasteiger partial charge is 0.0353 e. The maximum Gasteiger partial charge on any atom is -0.0353 e. The minimum Gasteiger partial charge on any atom is -0.103 e. The summed E-state index contributed by atoms with van der Waals surface area (Å²) in [5.74, 6) is 0.894. The van der Waals surface area contributed by atoms with Gasteiger partial charge in [-0.05, 0) is 18.8 Å². The molecule has 17 heavy (non-hydrogen) atoms. The van der Waals surface area contributed by atoms with Crippen molar-refractivity contribution in [3.05, 3.63) is 12.7 Å². The topological polar surface area (TPSA) is 0 Å². The Balaban J connectivity index is 2.91. The van der Waals surface area contributed by atoms with E-state index in [-0.39, 0.29) is 0 Å². The van der Waals surface area contributed by atoms with E-state index in [1.165, 1.54) is 77.0 Å². The molecule has 0 unspecified atom stereocenters. The summed E-state index contributed by atoms with van der Waals surface area (Å²) in [4.78, 5) is 0.